The second-order valence-electron chi connectivity index (χ2n) is 4.27. The van der Waals surface area contributed by atoms with Crippen LogP contribution < -0.4 is 4.74 Å². The lowest BCUT2D eigenvalue weighted by Crippen LogP contribution is -2.07. The Kier molecular flexibility index (Phi) is 4.27. The molecule has 8 heteroatoms. The van der Waals surface area contributed by atoms with E-state index in [4.69, 9.17) is 16.3 Å². The minimum atomic E-state index is -4.57. The van der Waals surface area contributed by atoms with Gasteiger partial charge in [-0.15, -0.1) is 0 Å². The van der Waals surface area contributed by atoms with Gasteiger partial charge < -0.3 is 9.84 Å². The van der Waals surface area contributed by atoms with Crippen molar-refractivity contribution in [1.82, 2.24) is 4.98 Å². The lowest BCUT2D eigenvalue weighted by Gasteiger charge is -2.14. The molecule has 0 radical (unpaired) electrons. The maximum absolute atomic E-state index is 12.8. The Balaban J connectivity index is 2.73. The molecule has 0 fully saturated rings. The number of ether oxygens (including phenoxy) is 1. The van der Waals surface area contributed by atoms with E-state index in [2.05, 4.69) is 4.98 Å². The minimum absolute atomic E-state index is 0.0140. The van der Waals surface area contributed by atoms with E-state index in [1.54, 1.807) is 0 Å². The highest BCUT2D eigenvalue weighted by Gasteiger charge is 2.31. The molecule has 0 unspecified atom stereocenters. The highest BCUT2D eigenvalue weighted by atomic mass is 35.5. The highest BCUT2D eigenvalue weighted by Crippen LogP contribution is 2.38. The number of carbonyl (C=O) groups is 1. The number of pyridine rings is 1. The summed E-state index contributed by atoms with van der Waals surface area (Å²) in [5.41, 5.74) is -1.23. The SMILES string of the molecule is COc1ccc(C(F)(F)F)cc1-c1cnc(Cl)cc1C(=O)O. The van der Waals surface area contributed by atoms with Gasteiger partial charge in [0.2, 0.25) is 0 Å². The van der Waals surface area contributed by atoms with Crippen molar-refractivity contribution in [1.29, 1.82) is 0 Å². The van der Waals surface area contributed by atoms with Crippen molar-refractivity contribution in [2.45, 2.75) is 6.18 Å². The van der Waals surface area contributed by atoms with Gasteiger partial charge in [-0.1, -0.05) is 11.6 Å². The molecule has 1 N–H and O–H groups in total. The zero-order chi connectivity index (χ0) is 16.5. The van der Waals surface area contributed by atoms with Crippen LogP contribution >= 0.6 is 11.6 Å². The van der Waals surface area contributed by atoms with Crippen LogP contribution in [0, 0.1) is 0 Å². The first-order valence-electron chi connectivity index (χ1n) is 5.88. The average Bonchev–Trinajstić information content (AvgIpc) is 2.45. The predicted octanol–water partition coefficient (Wildman–Crippen LogP) is 4.13. The molecule has 1 aromatic heterocycles. The number of hydrogen-bond acceptors (Lipinski definition) is 3. The van der Waals surface area contributed by atoms with Crippen LogP contribution in [0.5, 0.6) is 5.75 Å². The molecule has 0 bridgehead atoms. The van der Waals surface area contributed by atoms with E-state index in [0.29, 0.717) is 0 Å². The Morgan fingerprint density at radius 3 is 2.50 bits per heavy atom. The summed E-state index contributed by atoms with van der Waals surface area (Å²) in [4.78, 5) is 15.0. The van der Waals surface area contributed by atoms with Gasteiger partial charge in [-0.25, -0.2) is 9.78 Å². The first-order chi connectivity index (χ1) is 10.2. The molecule has 2 rings (SSSR count). The fourth-order valence-corrected chi connectivity index (χ4v) is 2.07. The number of nitrogens with zero attached hydrogens (tertiary/aromatic N) is 1. The predicted molar refractivity (Wildman–Crippen MR) is 73.2 cm³/mol. The first kappa shape index (κ1) is 16.1. The summed E-state index contributed by atoms with van der Waals surface area (Å²) < 4.78 is 43.6. The monoisotopic (exact) mass is 331 g/mol. The van der Waals surface area contributed by atoms with Gasteiger partial charge in [0.05, 0.1) is 18.2 Å². The minimum Gasteiger partial charge on any atom is -0.496 e. The molecular formula is C14H9ClF3NO3. The van der Waals surface area contributed by atoms with Crippen LogP contribution in [-0.4, -0.2) is 23.2 Å². The number of carboxylic acid groups (broad SMARTS) is 1. The van der Waals surface area contributed by atoms with E-state index in [-0.39, 0.29) is 27.6 Å². The molecule has 0 spiro atoms. The van der Waals surface area contributed by atoms with E-state index in [1.165, 1.54) is 7.11 Å². The van der Waals surface area contributed by atoms with Gasteiger partial charge >= 0.3 is 12.1 Å². The van der Waals surface area contributed by atoms with Gasteiger partial charge in [-0.3, -0.25) is 0 Å². The summed E-state index contributed by atoms with van der Waals surface area (Å²) >= 11 is 5.64. The molecule has 0 atom stereocenters. The zero-order valence-electron chi connectivity index (χ0n) is 11.1. The van der Waals surface area contributed by atoms with Crippen molar-refractivity contribution >= 4 is 17.6 Å². The van der Waals surface area contributed by atoms with E-state index in [0.717, 1.165) is 30.5 Å². The van der Waals surface area contributed by atoms with E-state index in [1.807, 2.05) is 0 Å². The van der Waals surface area contributed by atoms with Gasteiger partial charge in [0, 0.05) is 17.3 Å². The number of hydrogen-bond donors (Lipinski definition) is 1. The third-order valence-electron chi connectivity index (χ3n) is 2.92. The molecule has 1 aromatic carbocycles. The van der Waals surface area contributed by atoms with Gasteiger partial charge in [0.15, 0.2) is 0 Å². The average molecular weight is 332 g/mol. The van der Waals surface area contributed by atoms with Crippen LogP contribution in [0.3, 0.4) is 0 Å². The maximum Gasteiger partial charge on any atom is 0.416 e. The Morgan fingerprint density at radius 2 is 1.95 bits per heavy atom. The topological polar surface area (TPSA) is 59.4 Å². The smallest absolute Gasteiger partial charge is 0.416 e. The normalized spacial score (nSPS) is 11.3. The van der Waals surface area contributed by atoms with Crippen molar-refractivity contribution in [3.63, 3.8) is 0 Å². The van der Waals surface area contributed by atoms with Gasteiger partial charge in [0.1, 0.15) is 10.9 Å². The van der Waals surface area contributed by atoms with Crippen LogP contribution in [0.25, 0.3) is 11.1 Å². The Morgan fingerprint density at radius 1 is 1.27 bits per heavy atom. The van der Waals surface area contributed by atoms with Crippen molar-refractivity contribution in [3.8, 4) is 16.9 Å². The summed E-state index contributed by atoms with van der Waals surface area (Å²) in [5.74, 6) is -1.24. The van der Waals surface area contributed by atoms with Crippen LogP contribution in [0.1, 0.15) is 15.9 Å². The summed E-state index contributed by atoms with van der Waals surface area (Å²) in [7, 11) is 1.27. The summed E-state index contributed by atoms with van der Waals surface area (Å²) in [5, 5.41) is 9.12. The van der Waals surface area contributed by atoms with E-state index in [9.17, 15) is 23.1 Å². The third-order valence-corrected chi connectivity index (χ3v) is 3.12. The van der Waals surface area contributed by atoms with Crippen molar-refractivity contribution in [3.05, 3.63) is 46.7 Å². The lowest BCUT2D eigenvalue weighted by molar-refractivity contribution is -0.137. The van der Waals surface area contributed by atoms with Crippen LogP contribution in [0.2, 0.25) is 5.15 Å². The first-order valence-corrected chi connectivity index (χ1v) is 6.26. The molecule has 0 saturated carbocycles. The van der Waals surface area contributed by atoms with Crippen LogP contribution in [0.15, 0.2) is 30.5 Å². The number of methoxy groups -OCH3 is 1. The fraction of sp³-hybridized carbons (Fsp3) is 0.143. The van der Waals surface area contributed by atoms with Gasteiger partial charge in [-0.05, 0) is 24.3 Å². The summed E-state index contributed by atoms with van der Waals surface area (Å²) in [6, 6.07) is 3.86. The highest BCUT2D eigenvalue weighted by molar-refractivity contribution is 6.29. The molecule has 2 aromatic rings. The van der Waals surface area contributed by atoms with Crippen molar-refractivity contribution in [2.24, 2.45) is 0 Å². The van der Waals surface area contributed by atoms with Crippen molar-refractivity contribution in [2.75, 3.05) is 7.11 Å². The number of carboxylic acids is 1. The largest absolute Gasteiger partial charge is 0.496 e. The number of alkyl halides is 3. The number of halogens is 4. The summed E-state index contributed by atoms with van der Waals surface area (Å²) in [6.45, 7) is 0. The van der Waals surface area contributed by atoms with Crippen LogP contribution in [-0.2, 0) is 6.18 Å². The third kappa shape index (κ3) is 3.14. The molecule has 0 amide bonds. The number of benzene rings is 1. The second-order valence-corrected chi connectivity index (χ2v) is 4.66. The van der Waals surface area contributed by atoms with Crippen LogP contribution in [0.4, 0.5) is 13.2 Å². The Labute approximate surface area is 128 Å². The van der Waals surface area contributed by atoms with E-state index >= 15 is 0 Å². The molecule has 4 nitrogen and oxygen atoms in total. The molecule has 0 saturated heterocycles. The quantitative estimate of drug-likeness (QED) is 0.859. The number of rotatable bonds is 3. The number of aromatic carboxylic acids is 1. The molecule has 1 heterocycles. The zero-order valence-corrected chi connectivity index (χ0v) is 11.9. The lowest BCUT2D eigenvalue weighted by atomic mass is 9.99. The standard InChI is InChI=1S/C14H9ClF3NO3/c1-22-11-3-2-7(14(16,17)18)4-8(11)10-6-19-12(15)5-9(10)13(20)21/h2-6H,1H3,(H,20,21). The summed E-state index contributed by atoms with van der Waals surface area (Å²) in [6.07, 6.45) is -3.46. The molecule has 0 aliphatic rings. The maximum atomic E-state index is 12.8. The fourth-order valence-electron chi connectivity index (χ4n) is 1.92. The molecule has 0 aliphatic carbocycles. The van der Waals surface area contributed by atoms with Crippen molar-refractivity contribution < 1.29 is 27.8 Å². The van der Waals surface area contributed by atoms with Gasteiger partial charge in [-0.2, -0.15) is 13.2 Å². The van der Waals surface area contributed by atoms with E-state index < -0.39 is 17.7 Å². The molecule has 116 valence electrons. The molecule has 22 heavy (non-hydrogen) atoms. The number of aromatic nitrogens is 1. The molecule has 0 aliphatic heterocycles. The van der Waals surface area contributed by atoms with Gasteiger partial charge in [0.25, 0.3) is 0 Å². The second kappa shape index (κ2) is 5.84. The Hall–Kier alpha value is -2.28. The Bertz CT molecular complexity index is 732. The molecular weight excluding hydrogens is 323 g/mol.